The van der Waals surface area contributed by atoms with E-state index in [-0.39, 0.29) is 4.38 Å². The maximum atomic E-state index is 4.62. The number of rotatable bonds is 0. The second kappa shape index (κ2) is 2.75. The Labute approximate surface area is 45.8 Å². The molecule has 0 aliphatic carbocycles. The molecule has 0 aromatic heterocycles. The Morgan fingerprint density at radius 1 is 2.00 bits per heavy atom. The lowest BCUT2D eigenvalue weighted by Gasteiger charge is -1.77. The van der Waals surface area contributed by atoms with Gasteiger partial charge in [0.25, 0.3) is 0 Å². The average Bonchev–Trinajstić information content (AvgIpc) is 1.38. The van der Waals surface area contributed by atoms with Gasteiger partial charge in [0.2, 0.25) is 4.38 Å². The van der Waals surface area contributed by atoms with Crippen LogP contribution in [0.1, 0.15) is 0 Å². The van der Waals surface area contributed by atoms with Crippen LogP contribution < -0.4 is 0 Å². The van der Waals surface area contributed by atoms with Gasteiger partial charge in [0.15, 0.2) is 0 Å². The van der Waals surface area contributed by atoms with Gasteiger partial charge in [-0.2, -0.15) is 0 Å². The van der Waals surface area contributed by atoms with Crippen LogP contribution in [0.3, 0.4) is 0 Å². The Bertz CT molecular complexity index is 44.9. The monoisotopic (exact) mass is 128 g/mol. The van der Waals surface area contributed by atoms with Crippen molar-refractivity contribution in [3.8, 4) is 0 Å². The number of thiocarbonyl (C=S) groups is 1. The second-order valence-corrected chi connectivity index (χ2v) is 1.58. The average molecular weight is 129 g/mol. The molecule has 0 aromatic rings. The maximum absolute atomic E-state index is 4.62. The molecule has 0 rings (SSSR count). The van der Waals surface area contributed by atoms with Gasteiger partial charge >= 0.3 is 0 Å². The third-order valence-electron chi connectivity index (χ3n) is 0.0660. The first-order valence-electron chi connectivity index (χ1n) is 0.786. The smallest absolute Gasteiger partial charge is 0.240 e. The molecule has 0 aromatic carbocycles. The second-order valence-electron chi connectivity index (χ2n) is 0.343. The van der Waals surface area contributed by atoms with E-state index < -0.39 is 0 Å². The fourth-order valence-corrected chi connectivity index (χ4v) is 0. The molecule has 0 heterocycles. The van der Waals surface area contributed by atoms with Crippen molar-refractivity contribution < 1.29 is 4.29 Å². The molecule has 0 amide bonds. The SMILES string of the molecule is S=C(S)OCl. The van der Waals surface area contributed by atoms with Gasteiger partial charge in [-0.15, -0.1) is 0 Å². The minimum atomic E-state index is 0.0478. The van der Waals surface area contributed by atoms with E-state index in [1.54, 1.807) is 0 Å². The Hall–Kier alpha value is 0.530. The first-order valence-corrected chi connectivity index (χ1v) is 1.95. The van der Waals surface area contributed by atoms with Crippen molar-refractivity contribution in [3.63, 3.8) is 0 Å². The highest BCUT2D eigenvalue weighted by atomic mass is 35.5. The van der Waals surface area contributed by atoms with Gasteiger partial charge in [0.1, 0.15) is 11.9 Å². The number of thiol groups is 1. The zero-order valence-corrected chi connectivity index (χ0v) is 4.61. The Morgan fingerprint density at radius 2 is 2.20 bits per heavy atom. The molecule has 0 unspecified atom stereocenters. The van der Waals surface area contributed by atoms with E-state index in [9.17, 15) is 0 Å². The van der Waals surface area contributed by atoms with Crippen molar-refractivity contribution >= 4 is 41.1 Å². The van der Waals surface area contributed by atoms with Gasteiger partial charge in [-0.1, -0.05) is 12.6 Å². The fraction of sp³-hybridized carbons (Fsp3) is 0. The summed E-state index contributed by atoms with van der Waals surface area (Å²) in [6.45, 7) is 0. The lowest BCUT2D eigenvalue weighted by molar-refractivity contribution is 0.651. The van der Waals surface area contributed by atoms with Gasteiger partial charge < -0.3 is 4.29 Å². The molecule has 0 bridgehead atoms. The molecule has 0 radical (unpaired) electrons. The van der Waals surface area contributed by atoms with E-state index in [1.165, 1.54) is 0 Å². The van der Waals surface area contributed by atoms with Crippen molar-refractivity contribution in [3.05, 3.63) is 0 Å². The lowest BCUT2D eigenvalue weighted by atomic mass is 11.7. The highest BCUT2D eigenvalue weighted by Crippen LogP contribution is 1.87. The zero-order chi connectivity index (χ0) is 4.28. The standard InChI is InChI=1S/CHClOS2/c2-3-1(4)5/h(H,4,5). The zero-order valence-electron chi connectivity index (χ0n) is 2.14. The topological polar surface area (TPSA) is 9.23 Å². The van der Waals surface area contributed by atoms with E-state index in [0.717, 1.165) is 0 Å². The van der Waals surface area contributed by atoms with Crippen LogP contribution in [0.2, 0.25) is 0 Å². The molecule has 0 aliphatic heterocycles. The predicted molar refractivity (Wildman–Crippen MR) is 28.5 cm³/mol. The van der Waals surface area contributed by atoms with Gasteiger partial charge in [-0.05, 0) is 12.2 Å². The molecule has 0 saturated heterocycles. The quantitative estimate of drug-likeness (QED) is 0.390. The van der Waals surface area contributed by atoms with E-state index in [4.69, 9.17) is 0 Å². The van der Waals surface area contributed by atoms with E-state index >= 15 is 0 Å². The van der Waals surface area contributed by atoms with Crippen LogP contribution in [-0.2, 0) is 4.29 Å². The molecule has 1 nitrogen and oxygen atoms in total. The number of hydrogen-bond acceptors (Lipinski definition) is 2. The highest BCUT2D eigenvalue weighted by molar-refractivity contribution is 8.10. The molecule has 30 valence electrons. The van der Waals surface area contributed by atoms with Crippen LogP contribution in [0.15, 0.2) is 0 Å². The summed E-state index contributed by atoms with van der Waals surface area (Å²) in [7, 11) is 0. The molecule has 4 heteroatoms. The Kier molecular flexibility index (Phi) is 3.04. The Balaban J connectivity index is 2.85. The van der Waals surface area contributed by atoms with Gasteiger partial charge in [-0.3, -0.25) is 0 Å². The predicted octanol–water partition coefficient (Wildman–Crippen LogP) is 1.37. The van der Waals surface area contributed by atoms with Crippen LogP contribution >= 0.6 is 36.7 Å². The highest BCUT2D eigenvalue weighted by Gasteiger charge is 1.74. The van der Waals surface area contributed by atoms with Crippen molar-refractivity contribution in [2.75, 3.05) is 0 Å². The van der Waals surface area contributed by atoms with E-state index in [0.29, 0.717) is 0 Å². The third-order valence-corrected chi connectivity index (χ3v) is 0.594. The molecule has 0 saturated carbocycles. The molecule has 5 heavy (non-hydrogen) atoms. The minimum absolute atomic E-state index is 0.0478. The normalized spacial score (nSPS) is 6.80. The maximum Gasteiger partial charge on any atom is 0.240 e. The van der Waals surface area contributed by atoms with E-state index in [2.05, 4.69) is 41.0 Å². The van der Waals surface area contributed by atoms with Crippen LogP contribution in [0.5, 0.6) is 0 Å². The van der Waals surface area contributed by atoms with Crippen molar-refractivity contribution in [1.82, 2.24) is 0 Å². The fourth-order valence-electron chi connectivity index (χ4n) is 0. The molecular weight excluding hydrogens is 128 g/mol. The molecule has 0 spiro atoms. The minimum Gasteiger partial charge on any atom is -0.366 e. The number of hydrogen-bond donors (Lipinski definition) is 1. The molecule has 0 atom stereocenters. The van der Waals surface area contributed by atoms with Gasteiger partial charge in [0, 0.05) is 0 Å². The van der Waals surface area contributed by atoms with Gasteiger partial charge in [0.05, 0.1) is 0 Å². The molecule has 0 fully saturated rings. The first-order chi connectivity index (χ1) is 2.27. The summed E-state index contributed by atoms with van der Waals surface area (Å²) in [6, 6.07) is 0. The van der Waals surface area contributed by atoms with Crippen LogP contribution in [0.4, 0.5) is 0 Å². The van der Waals surface area contributed by atoms with Crippen LogP contribution in [-0.4, -0.2) is 4.38 Å². The van der Waals surface area contributed by atoms with Crippen LogP contribution in [0, 0.1) is 0 Å². The summed E-state index contributed by atoms with van der Waals surface area (Å²) < 4.78 is 3.87. The van der Waals surface area contributed by atoms with Crippen LogP contribution in [0.25, 0.3) is 0 Å². The van der Waals surface area contributed by atoms with Gasteiger partial charge in [-0.25, -0.2) is 0 Å². The summed E-state index contributed by atoms with van der Waals surface area (Å²) in [6.07, 6.45) is 0. The summed E-state index contributed by atoms with van der Waals surface area (Å²) in [4.78, 5) is 0. The summed E-state index contributed by atoms with van der Waals surface area (Å²) >= 11 is 12.3. The van der Waals surface area contributed by atoms with E-state index in [1.807, 2.05) is 0 Å². The summed E-state index contributed by atoms with van der Waals surface area (Å²) in [5.74, 6) is 0. The molecule has 0 N–H and O–H groups in total. The summed E-state index contributed by atoms with van der Waals surface area (Å²) in [5.41, 5.74) is 0. The summed E-state index contributed by atoms with van der Waals surface area (Å²) in [5, 5.41) is 0. The van der Waals surface area contributed by atoms with Crippen molar-refractivity contribution in [2.45, 2.75) is 0 Å². The first kappa shape index (κ1) is 5.53. The lowest BCUT2D eigenvalue weighted by Crippen LogP contribution is -1.72. The van der Waals surface area contributed by atoms with Crippen molar-refractivity contribution in [2.24, 2.45) is 0 Å². The number of halogens is 1. The largest absolute Gasteiger partial charge is 0.366 e. The molecular formula is CHClOS2. The Morgan fingerprint density at radius 3 is 2.20 bits per heavy atom. The molecule has 0 aliphatic rings. The third kappa shape index (κ3) is 4.53. The van der Waals surface area contributed by atoms with Crippen molar-refractivity contribution in [1.29, 1.82) is 0 Å².